The topological polar surface area (TPSA) is 86.7 Å². The van der Waals surface area contributed by atoms with E-state index in [-0.39, 0.29) is 24.3 Å². The highest BCUT2D eigenvalue weighted by Crippen LogP contribution is 2.26. The van der Waals surface area contributed by atoms with E-state index in [4.69, 9.17) is 5.11 Å². The molecule has 1 unspecified atom stereocenters. The van der Waals surface area contributed by atoms with Crippen LogP contribution in [0.15, 0.2) is 0 Å². The Kier molecular flexibility index (Phi) is 4.75. The second kappa shape index (κ2) is 6.35. The molecule has 6 heteroatoms. The number of hydrogen-bond donors (Lipinski definition) is 2. The number of rotatable bonds is 4. The summed E-state index contributed by atoms with van der Waals surface area (Å²) in [5.74, 6) is -1.44. The Morgan fingerprint density at radius 1 is 1.25 bits per heavy atom. The summed E-state index contributed by atoms with van der Waals surface area (Å²) in [4.78, 5) is 36.6. The van der Waals surface area contributed by atoms with Gasteiger partial charge in [0, 0.05) is 6.04 Å². The number of amides is 2. The van der Waals surface area contributed by atoms with Crippen LogP contribution < -0.4 is 5.32 Å². The predicted molar refractivity (Wildman–Crippen MR) is 72.0 cm³/mol. The van der Waals surface area contributed by atoms with Crippen LogP contribution in [0.3, 0.4) is 0 Å². The summed E-state index contributed by atoms with van der Waals surface area (Å²) < 4.78 is 0. The van der Waals surface area contributed by atoms with Crippen molar-refractivity contribution in [3.8, 4) is 0 Å². The minimum atomic E-state index is -1.02. The van der Waals surface area contributed by atoms with Gasteiger partial charge < -0.3 is 5.11 Å². The van der Waals surface area contributed by atoms with Crippen molar-refractivity contribution >= 4 is 17.8 Å². The standard InChI is InChI=1S/C14H22N2O4/c1-9(14(19)20)15-11-8-12(17)16(13(11)18)10-6-4-2-3-5-7-10/h9-11,15H,2-8H2,1H3,(H,19,20)/t9-,11?/m0/s1. The third kappa shape index (κ3) is 3.17. The second-order valence-electron chi connectivity index (χ2n) is 5.73. The number of carbonyl (C=O) groups excluding carboxylic acids is 2. The van der Waals surface area contributed by atoms with E-state index in [2.05, 4.69) is 5.32 Å². The van der Waals surface area contributed by atoms with E-state index in [1.807, 2.05) is 0 Å². The maximum absolute atomic E-state index is 12.3. The number of carboxylic acids is 1. The van der Waals surface area contributed by atoms with Gasteiger partial charge in [-0.25, -0.2) is 0 Å². The first-order valence-electron chi connectivity index (χ1n) is 7.35. The molecule has 20 heavy (non-hydrogen) atoms. The molecule has 2 atom stereocenters. The molecule has 1 saturated carbocycles. The molecule has 2 rings (SSSR count). The maximum atomic E-state index is 12.3. The summed E-state index contributed by atoms with van der Waals surface area (Å²) in [6, 6.07) is -1.51. The Bertz CT molecular complexity index is 402. The molecule has 1 aliphatic carbocycles. The van der Waals surface area contributed by atoms with Gasteiger partial charge in [-0.2, -0.15) is 0 Å². The summed E-state index contributed by atoms with van der Waals surface area (Å²) in [7, 11) is 0. The fraction of sp³-hybridized carbons (Fsp3) is 0.786. The van der Waals surface area contributed by atoms with Gasteiger partial charge in [0.1, 0.15) is 6.04 Å². The number of carboxylic acid groups (broad SMARTS) is 1. The lowest BCUT2D eigenvalue weighted by Crippen LogP contribution is -2.47. The van der Waals surface area contributed by atoms with Gasteiger partial charge in [-0.3, -0.25) is 24.6 Å². The Balaban J connectivity index is 2.02. The molecule has 1 aliphatic heterocycles. The average Bonchev–Trinajstić information content (AvgIpc) is 2.61. The van der Waals surface area contributed by atoms with Crippen LogP contribution in [0.5, 0.6) is 0 Å². The molecular formula is C14H22N2O4. The Hall–Kier alpha value is -1.43. The first-order chi connectivity index (χ1) is 9.50. The molecule has 1 saturated heterocycles. The molecule has 6 nitrogen and oxygen atoms in total. The van der Waals surface area contributed by atoms with Crippen LogP contribution >= 0.6 is 0 Å². The molecular weight excluding hydrogens is 260 g/mol. The fourth-order valence-electron chi connectivity index (χ4n) is 3.05. The molecule has 2 aliphatic rings. The monoisotopic (exact) mass is 282 g/mol. The summed E-state index contributed by atoms with van der Waals surface area (Å²) in [6.45, 7) is 1.48. The zero-order valence-electron chi connectivity index (χ0n) is 11.8. The summed E-state index contributed by atoms with van der Waals surface area (Å²) in [5.41, 5.74) is 0. The van der Waals surface area contributed by atoms with Gasteiger partial charge in [-0.15, -0.1) is 0 Å². The van der Waals surface area contributed by atoms with Crippen LogP contribution in [0, 0.1) is 0 Å². The third-order valence-corrected chi connectivity index (χ3v) is 4.19. The van der Waals surface area contributed by atoms with Crippen LogP contribution in [0.2, 0.25) is 0 Å². The minimum absolute atomic E-state index is 0.00411. The van der Waals surface area contributed by atoms with E-state index in [9.17, 15) is 14.4 Å². The molecule has 0 aromatic rings. The molecule has 0 bridgehead atoms. The van der Waals surface area contributed by atoms with Gasteiger partial charge in [0.25, 0.3) is 0 Å². The molecule has 0 aromatic carbocycles. The number of aliphatic carboxylic acids is 1. The molecule has 2 amide bonds. The zero-order chi connectivity index (χ0) is 14.7. The Labute approximate surface area is 118 Å². The van der Waals surface area contributed by atoms with Gasteiger partial charge in [-0.05, 0) is 19.8 Å². The highest BCUT2D eigenvalue weighted by Gasteiger charge is 2.42. The van der Waals surface area contributed by atoms with Crippen molar-refractivity contribution in [2.45, 2.75) is 70.0 Å². The lowest BCUT2D eigenvalue weighted by Gasteiger charge is -2.25. The van der Waals surface area contributed by atoms with Crippen molar-refractivity contribution in [2.75, 3.05) is 0 Å². The normalized spacial score (nSPS) is 26.6. The molecule has 1 heterocycles. The number of nitrogens with one attached hydrogen (secondary N) is 1. The Morgan fingerprint density at radius 2 is 1.85 bits per heavy atom. The van der Waals surface area contributed by atoms with Crippen LogP contribution in [0.4, 0.5) is 0 Å². The number of nitrogens with zero attached hydrogens (tertiary/aromatic N) is 1. The SMILES string of the molecule is C[C@H](NC1CC(=O)N(C2CCCCCC2)C1=O)C(=O)O. The van der Waals surface area contributed by atoms with Crippen molar-refractivity contribution in [3.63, 3.8) is 0 Å². The van der Waals surface area contributed by atoms with Crippen molar-refractivity contribution < 1.29 is 19.5 Å². The van der Waals surface area contributed by atoms with Crippen molar-refractivity contribution in [1.82, 2.24) is 10.2 Å². The van der Waals surface area contributed by atoms with E-state index >= 15 is 0 Å². The lowest BCUT2D eigenvalue weighted by molar-refractivity contribution is -0.142. The van der Waals surface area contributed by atoms with Gasteiger partial charge in [-0.1, -0.05) is 25.7 Å². The molecule has 0 aromatic heterocycles. The van der Waals surface area contributed by atoms with E-state index in [1.165, 1.54) is 11.8 Å². The average molecular weight is 282 g/mol. The van der Waals surface area contributed by atoms with Crippen LogP contribution in [-0.4, -0.2) is 45.9 Å². The molecule has 0 radical (unpaired) electrons. The van der Waals surface area contributed by atoms with Gasteiger partial charge >= 0.3 is 5.97 Å². The van der Waals surface area contributed by atoms with E-state index in [1.54, 1.807) is 0 Å². The van der Waals surface area contributed by atoms with Gasteiger partial charge in [0.15, 0.2) is 0 Å². The predicted octanol–water partition coefficient (Wildman–Crippen LogP) is 0.899. The zero-order valence-corrected chi connectivity index (χ0v) is 11.8. The first kappa shape index (κ1) is 15.0. The molecule has 2 fully saturated rings. The highest BCUT2D eigenvalue weighted by molar-refractivity contribution is 6.06. The van der Waals surface area contributed by atoms with Crippen molar-refractivity contribution in [1.29, 1.82) is 0 Å². The van der Waals surface area contributed by atoms with E-state index < -0.39 is 18.1 Å². The number of carbonyl (C=O) groups is 3. The third-order valence-electron chi connectivity index (χ3n) is 4.19. The van der Waals surface area contributed by atoms with Gasteiger partial charge in [0.2, 0.25) is 11.8 Å². The first-order valence-corrected chi connectivity index (χ1v) is 7.35. The molecule has 2 N–H and O–H groups in total. The van der Waals surface area contributed by atoms with Crippen molar-refractivity contribution in [3.05, 3.63) is 0 Å². The molecule has 112 valence electrons. The summed E-state index contributed by atoms with van der Waals surface area (Å²) in [5, 5.41) is 11.6. The highest BCUT2D eigenvalue weighted by atomic mass is 16.4. The van der Waals surface area contributed by atoms with Crippen LogP contribution in [0.25, 0.3) is 0 Å². The smallest absolute Gasteiger partial charge is 0.320 e. The van der Waals surface area contributed by atoms with Crippen molar-refractivity contribution in [2.24, 2.45) is 0 Å². The number of imide groups is 1. The quantitative estimate of drug-likeness (QED) is 0.591. The van der Waals surface area contributed by atoms with Crippen LogP contribution in [-0.2, 0) is 14.4 Å². The lowest BCUT2D eigenvalue weighted by atomic mass is 10.1. The second-order valence-corrected chi connectivity index (χ2v) is 5.73. The van der Waals surface area contributed by atoms with E-state index in [0.29, 0.717) is 0 Å². The van der Waals surface area contributed by atoms with E-state index in [0.717, 1.165) is 38.5 Å². The van der Waals surface area contributed by atoms with Crippen LogP contribution in [0.1, 0.15) is 51.9 Å². The molecule has 0 spiro atoms. The van der Waals surface area contributed by atoms with Gasteiger partial charge in [0.05, 0.1) is 12.5 Å². The maximum Gasteiger partial charge on any atom is 0.320 e. The summed E-state index contributed by atoms with van der Waals surface area (Å²) in [6.07, 6.45) is 6.23. The number of likely N-dealkylation sites (tertiary alicyclic amines) is 1. The largest absolute Gasteiger partial charge is 0.480 e. The Morgan fingerprint density at radius 3 is 2.40 bits per heavy atom. The summed E-state index contributed by atoms with van der Waals surface area (Å²) >= 11 is 0. The number of hydrogen-bond acceptors (Lipinski definition) is 4. The minimum Gasteiger partial charge on any atom is -0.480 e. The fourth-order valence-corrected chi connectivity index (χ4v) is 3.05.